The number of hydrogen-bond donors (Lipinski definition) is 4. The summed E-state index contributed by atoms with van der Waals surface area (Å²) < 4.78 is 0. The molecule has 2 rings (SSSR count). The van der Waals surface area contributed by atoms with Crippen molar-refractivity contribution in [3.05, 3.63) is 35.9 Å². The van der Waals surface area contributed by atoms with Crippen LogP contribution in [0.2, 0.25) is 0 Å². The van der Waals surface area contributed by atoms with E-state index < -0.39 is 23.8 Å². The Hall–Kier alpha value is -2.45. The van der Waals surface area contributed by atoms with Gasteiger partial charge in [-0.2, -0.15) is 0 Å². The first kappa shape index (κ1) is 22.8. The van der Waals surface area contributed by atoms with Crippen LogP contribution in [0.3, 0.4) is 0 Å². The van der Waals surface area contributed by atoms with Gasteiger partial charge in [-0.25, -0.2) is 10.9 Å². The maximum absolute atomic E-state index is 13.5. The third-order valence-electron chi connectivity index (χ3n) is 5.31. The minimum absolute atomic E-state index is 0.150. The van der Waals surface area contributed by atoms with Crippen LogP contribution in [0.1, 0.15) is 38.7 Å². The smallest absolute Gasteiger partial charge is 0.247 e. The predicted octanol–water partition coefficient (Wildman–Crippen LogP) is 1.25. The van der Waals surface area contributed by atoms with Crippen molar-refractivity contribution in [3.8, 4) is 0 Å². The number of amides is 3. The number of carbonyl (C=O) groups is 3. The number of hydrazine groups is 1. The predicted molar refractivity (Wildman–Crippen MR) is 108 cm³/mol. The Kier molecular flexibility index (Phi) is 8.60. The summed E-state index contributed by atoms with van der Waals surface area (Å²) in [6, 6.07) is 8.78. The monoisotopic (exact) mass is 404 g/mol. The van der Waals surface area contributed by atoms with Gasteiger partial charge in [-0.3, -0.25) is 24.6 Å². The number of carbonyl (C=O) groups excluding carboxylic acids is 3. The lowest BCUT2D eigenvalue weighted by Gasteiger charge is -2.38. The molecule has 4 N–H and O–H groups in total. The molecule has 8 nitrogen and oxygen atoms in total. The second-order valence-electron chi connectivity index (χ2n) is 7.90. The van der Waals surface area contributed by atoms with E-state index in [0.29, 0.717) is 25.8 Å². The molecule has 0 saturated carbocycles. The fourth-order valence-electron chi connectivity index (χ4n) is 3.87. The van der Waals surface area contributed by atoms with Crippen LogP contribution < -0.4 is 16.2 Å². The first-order chi connectivity index (χ1) is 13.9. The summed E-state index contributed by atoms with van der Waals surface area (Å²) in [7, 11) is 1.54. The van der Waals surface area contributed by atoms with Gasteiger partial charge in [-0.05, 0) is 37.2 Å². The van der Waals surface area contributed by atoms with Gasteiger partial charge in [0.2, 0.25) is 17.7 Å². The Morgan fingerprint density at radius 3 is 2.48 bits per heavy atom. The molecule has 3 amide bonds. The maximum Gasteiger partial charge on any atom is 0.247 e. The van der Waals surface area contributed by atoms with E-state index in [0.717, 1.165) is 12.0 Å². The molecule has 8 heteroatoms. The van der Waals surface area contributed by atoms with E-state index in [-0.39, 0.29) is 17.7 Å². The van der Waals surface area contributed by atoms with Crippen molar-refractivity contribution in [2.24, 2.45) is 17.8 Å². The molecule has 0 aliphatic carbocycles. The van der Waals surface area contributed by atoms with Gasteiger partial charge in [0.1, 0.15) is 6.04 Å². The van der Waals surface area contributed by atoms with Crippen LogP contribution in [0.15, 0.2) is 30.3 Å². The standard InChI is InChI=1S/C21H32N4O4/c1-14(2)12-17(16(19(26)24-29)13-15-8-5-4-6-9-15)21(28)25-18(20(27)22-3)10-7-11-23-25/h4-6,8-9,14,16-18,23,29H,7,10-13H2,1-3H3,(H,22,27)(H,24,26)/t16-,17+,18-/m0/s1. The molecule has 1 heterocycles. The second-order valence-corrected chi connectivity index (χ2v) is 7.90. The molecule has 0 bridgehead atoms. The maximum atomic E-state index is 13.5. The third-order valence-corrected chi connectivity index (χ3v) is 5.31. The van der Waals surface area contributed by atoms with Crippen molar-refractivity contribution in [2.75, 3.05) is 13.6 Å². The zero-order valence-electron chi connectivity index (χ0n) is 17.4. The Balaban J connectivity index is 2.35. The minimum Gasteiger partial charge on any atom is -0.357 e. The highest BCUT2D eigenvalue weighted by molar-refractivity contribution is 5.91. The van der Waals surface area contributed by atoms with Crippen LogP contribution >= 0.6 is 0 Å². The topological polar surface area (TPSA) is 111 Å². The number of rotatable bonds is 8. The van der Waals surface area contributed by atoms with Gasteiger partial charge < -0.3 is 5.32 Å². The summed E-state index contributed by atoms with van der Waals surface area (Å²) in [5, 5.41) is 13.3. The first-order valence-electron chi connectivity index (χ1n) is 10.1. The summed E-state index contributed by atoms with van der Waals surface area (Å²) in [5.41, 5.74) is 5.68. The van der Waals surface area contributed by atoms with Gasteiger partial charge in [0, 0.05) is 13.6 Å². The summed E-state index contributed by atoms with van der Waals surface area (Å²) in [5.74, 6) is -2.42. The Morgan fingerprint density at radius 1 is 1.21 bits per heavy atom. The third kappa shape index (κ3) is 6.01. The quantitative estimate of drug-likeness (QED) is 0.385. The Labute approximate surface area is 172 Å². The lowest BCUT2D eigenvalue weighted by Crippen LogP contribution is -2.60. The molecular weight excluding hydrogens is 372 g/mol. The molecule has 1 aliphatic heterocycles. The lowest BCUT2D eigenvalue weighted by molar-refractivity contribution is -0.155. The van der Waals surface area contributed by atoms with Crippen molar-refractivity contribution in [3.63, 3.8) is 0 Å². The highest BCUT2D eigenvalue weighted by Gasteiger charge is 2.41. The molecule has 0 aromatic heterocycles. The van der Waals surface area contributed by atoms with Crippen LogP contribution in [-0.4, -0.2) is 47.6 Å². The molecule has 29 heavy (non-hydrogen) atoms. The number of nitrogens with zero attached hydrogens (tertiary/aromatic N) is 1. The number of likely N-dealkylation sites (N-methyl/N-ethyl adjacent to an activating group) is 1. The molecule has 160 valence electrons. The molecule has 1 aromatic rings. The SMILES string of the molecule is CNC(=O)[C@@H]1CCCNN1C(=O)[C@H](CC(C)C)[C@H](Cc1ccccc1)C(=O)NO. The Morgan fingerprint density at radius 2 is 1.90 bits per heavy atom. The van der Waals surface area contributed by atoms with Crippen molar-refractivity contribution in [2.45, 2.75) is 45.6 Å². The largest absolute Gasteiger partial charge is 0.357 e. The molecule has 1 aliphatic rings. The van der Waals surface area contributed by atoms with Gasteiger partial charge in [-0.15, -0.1) is 0 Å². The van der Waals surface area contributed by atoms with Crippen LogP contribution in [0.5, 0.6) is 0 Å². The van der Waals surface area contributed by atoms with Gasteiger partial charge in [0.05, 0.1) is 11.8 Å². The molecule has 0 spiro atoms. The average Bonchev–Trinajstić information content (AvgIpc) is 2.75. The lowest BCUT2D eigenvalue weighted by atomic mass is 9.80. The van der Waals surface area contributed by atoms with E-state index in [1.54, 1.807) is 12.5 Å². The fourth-order valence-corrected chi connectivity index (χ4v) is 3.87. The fraction of sp³-hybridized carbons (Fsp3) is 0.571. The van der Waals surface area contributed by atoms with Crippen LogP contribution in [0.4, 0.5) is 0 Å². The molecule has 0 radical (unpaired) electrons. The number of nitrogens with one attached hydrogen (secondary N) is 3. The van der Waals surface area contributed by atoms with E-state index >= 15 is 0 Å². The van der Waals surface area contributed by atoms with E-state index in [1.165, 1.54) is 5.01 Å². The summed E-state index contributed by atoms with van der Waals surface area (Å²) in [6.45, 7) is 4.55. The van der Waals surface area contributed by atoms with E-state index in [1.807, 2.05) is 44.2 Å². The molecular formula is C21H32N4O4. The van der Waals surface area contributed by atoms with Crippen LogP contribution in [-0.2, 0) is 20.8 Å². The molecule has 1 aromatic carbocycles. The number of hydroxylamine groups is 1. The Bertz CT molecular complexity index is 695. The van der Waals surface area contributed by atoms with Crippen molar-refractivity contribution >= 4 is 17.7 Å². The first-order valence-corrected chi connectivity index (χ1v) is 10.1. The van der Waals surface area contributed by atoms with Crippen molar-refractivity contribution in [1.29, 1.82) is 0 Å². The van der Waals surface area contributed by atoms with E-state index in [4.69, 9.17) is 0 Å². The summed E-state index contributed by atoms with van der Waals surface area (Å²) in [4.78, 5) is 38.4. The van der Waals surface area contributed by atoms with Crippen LogP contribution in [0.25, 0.3) is 0 Å². The van der Waals surface area contributed by atoms with E-state index in [2.05, 4.69) is 10.7 Å². The minimum atomic E-state index is -0.758. The molecule has 1 saturated heterocycles. The molecule has 0 unspecified atom stereocenters. The highest BCUT2D eigenvalue weighted by Crippen LogP contribution is 2.28. The normalized spacial score (nSPS) is 18.8. The summed E-state index contributed by atoms with van der Waals surface area (Å²) in [6.07, 6.45) is 2.11. The van der Waals surface area contributed by atoms with E-state index in [9.17, 15) is 19.6 Å². The van der Waals surface area contributed by atoms with Gasteiger partial charge in [0.15, 0.2) is 0 Å². The number of hydrogen-bond acceptors (Lipinski definition) is 5. The van der Waals surface area contributed by atoms with Gasteiger partial charge in [0.25, 0.3) is 0 Å². The van der Waals surface area contributed by atoms with Crippen molar-refractivity contribution in [1.82, 2.24) is 21.2 Å². The molecule has 3 atom stereocenters. The van der Waals surface area contributed by atoms with Gasteiger partial charge >= 0.3 is 0 Å². The zero-order chi connectivity index (χ0) is 21.4. The van der Waals surface area contributed by atoms with Crippen molar-refractivity contribution < 1.29 is 19.6 Å². The molecule has 1 fully saturated rings. The zero-order valence-corrected chi connectivity index (χ0v) is 17.4. The second kappa shape index (κ2) is 10.9. The highest BCUT2D eigenvalue weighted by atomic mass is 16.5. The average molecular weight is 405 g/mol. The summed E-state index contributed by atoms with van der Waals surface area (Å²) >= 11 is 0. The van der Waals surface area contributed by atoms with Crippen LogP contribution in [0, 0.1) is 17.8 Å². The van der Waals surface area contributed by atoms with Gasteiger partial charge in [-0.1, -0.05) is 44.2 Å². The number of benzene rings is 1.